The van der Waals surface area contributed by atoms with Gasteiger partial charge in [-0.25, -0.2) is 9.97 Å². The molecular weight excluding hydrogens is 787 g/mol. The molecule has 0 saturated carbocycles. The number of para-hydroxylation sites is 4. The van der Waals surface area contributed by atoms with Gasteiger partial charge >= 0.3 is 0 Å². The minimum Gasteiger partial charge on any atom is -0.309 e. The van der Waals surface area contributed by atoms with Gasteiger partial charge in [0, 0.05) is 82.2 Å². The second-order valence-corrected chi connectivity index (χ2v) is 17.1. The molecule has 0 saturated heterocycles. The van der Waals surface area contributed by atoms with E-state index >= 15 is 0 Å². The van der Waals surface area contributed by atoms with Gasteiger partial charge in [-0.05, 0) is 77.9 Å². The van der Waals surface area contributed by atoms with Gasteiger partial charge in [-0.3, -0.25) is 4.98 Å². The summed E-state index contributed by atoms with van der Waals surface area (Å²) in [6.45, 7) is 0. The average Bonchev–Trinajstić information content (AvgIpc) is 4.02. The zero-order chi connectivity index (χ0) is 41.4. The third kappa shape index (κ3) is 5.73. The van der Waals surface area contributed by atoms with Crippen LogP contribution in [0, 0.1) is 0 Å². The van der Waals surface area contributed by atoms with Crippen molar-refractivity contribution in [1.82, 2.24) is 24.1 Å². The molecule has 0 bridgehead atoms. The number of thiophene rings is 1. The van der Waals surface area contributed by atoms with E-state index in [1.54, 1.807) is 0 Å². The Bertz CT molecular complexity index is 3680. The first-order valence-electron chi connectivity index (χ1n) is 21.2. The van der Waals surface area contributed by atoms with E-state index in [1.165, 1.54) is 41.7 Å². The highest BCUT2D eigenvalue weighted by Gasteiger charge is 2.20. The molecule has 0 N–H and O–H groups in total. The molecule has 13 rings (SSSR count). The van der Waals surface area contributed by atoms with E-state index in [2.05, 4.69) is 208 Å². The van der Waals surface area contributed by atoms with Crippen molar-refractivity contribution in [2.45, 2.75) is 0 Å². The van der Waals surface area contributed by atoms with E-state index in [9.17, 15) is 0 Å². The lowest BCUT2D eigenvalue weighted by atomic mass is 10.0. The van der Waals surface area contributed by atoms with Gasteiger partial charge in [0.2, 0.25) is 0 Å². The number of fused-ring (bicyclic) bond motifs is 9. The fraction of sp³-hybridized carbons (Fsp3) is 0. The van der Waals surface area contributed by atoms with Gasteiger partial charge in [-0.15, -0.1) is 11.3 Å². The van der Waals surface area contributed by atoms with E-state index in [0.717, 1.165) is 72.6 Å². The summed E-state index contributed by atoms with van der Waals surface area (Å²) in [4.78, 5) is 15.3. The fourth-order valence-electron chi connectivity index (χ4n) is 9.59. The Morgan fingerprint density at radius 1 is 0.365 bits per heavy atom. The predicted molar refractivity (Wildman–Crippen MR) is 263 cm³/mol. The Labute approximate surface area is 366 Å². The van der Waals surface area contributed by atoms with E-state index in [4.69, 9.17) is 9.97 Å². The molecule has 0 amide bonds. The van der Waals surface area contributed by atoms with Crippen molar-refractivity contribution in [3.63, 3.8) is 0 Å². The highest BCUT2D eigenvalue weighted by Crippen LogP contribution is 2.42. The number of aromatic nitrogens is 5. The van der Waals surface area contributed by atoms with Crippen molar-refractivity contribution >= 4 is 75.1 Å². The van der Waals surface area contributed by atoms with Crippen LogP contribution in [-0.2, 0) is 0 Å². The van der Waals surface area contributed by atoms with Crippen LogP contribution in [-0.4, -0.2) is 24.1 Å². The van der Waals surface area contributed by atoms with Crippen molar-refractivity contribution < 1.29 is 0 Å². The first-order chi connectivity index (χ1) is 31.2. The van der Waals surface area contributed by atoms with Gasteiger partial charge in [0.15, 0.2) is 5.82 Å². The van der Waals surface area contributed by atoms with Gasteiger partial charge in [-0.1, -0.05) is 133 Å². The van der Waals surface area contributed by atoms with Crippen molar-refractivity contribution in [2.24, 2.45) is 0 Å². The van der Waals surface area contributed by atoms with E-state index < -0.39 is 0 Å². The highest BCUT2D eigenvalue weighted by atomic mass is 32.1. The Balaban J connectivity index is 1.11. The third-order valence-corrected chi connectivity index (χ3v) is 13.6. The summed E-state index contributed by atoms with van der Waals surface area (Å²) in [5.74, 6) is 0.689. The minimum absolute atomic E-state index is 0.689. The molecule has 13 aromatic rings. The molecule has 0 atom stereocenters. The van der Waals surface area contributed by atoms with Crippen LogP contribution in [0.25, 0.3) is 120 Å². The summed E-state index contributed by atoms with van der Waals surface area (Å²) in [5.41, 5.74) is 13.6. The SMILES string of the molecule is c1cncc(-c2ccc(-c3cc(-c4cc(-n5c6ccccc6c6ccccc65)cc(-n5c6ccccc6c6ccccc65)c4)nc(-c4cccc5sc6ccccc6c45)n3)cc2)c1. The van der Waals surface area contributed by atoms with Crippen LogP contribution in [0.3, 0.4) is 0 Å². The molecule has 294 valence electrons. The van der Waals surface area contributed by atoms with E-state index in [1.807, 2.05) is 29.8 Å². The standard InChI is InChI=1S/C57H35N5S/c1-6-20-50-42(14-1)43-15-2-7-21-51(43)61(50)40-31-39(32-41(33-40)62-52-22-8-3-16-44(52)45-17-4-9-23-53(45)62)49-34-48(37-28-26-36(27-29-37)38-13-12-30-58-35-38)59-57(60-49)47-19-11-25-55-56(47)46-18-5-10-24-54(46)63-55/h1-35H. The number of nitrogens with zero attached hydrogens (tertiary/aromatic N) is 5. The largest absolute Gasteiger partial charge is 0.309 e. The van der Waals surface area contributed by atoms with Crippen molar-refractivity contribution in [3.8, 4) is 56.4 Å². The van der Waals surface area contributed by atoms with Gasteiger partial charge in [0.1, 0.15) is 0 Å². The maximum Gasteiger partial charge on any atom is 0.161 e. The first-order valence-corrected chi connectivity index (χ1v) is 22.0. The number of rotatable bonds is 6. The summed E-state index contributed by atoms with van der Waals surface area (Å²) < 4.78 is 7.28. The Morgan fingerprint density at radius 3 is 1.44 bits per heavy atom. The summed E-state index contributed by atoms with van der Waals surface area (Å²) in [6.07, 6.45) is 3.71. The fourth-order valence-corrected chi connectivity index (χ4v) is 10.7. The monoisotopic (exact) mass is 821 g/mol. The van der Waals surface area contributed by atoms with Gasteiger partial charge < -0.3 is 9.13 Å². The molecule has 6 heteroatoms. The Hall–Kier alpha value is -8.19. The quantitative estimate of drug-likeness (QED) is 0.168. The molecule has 0 radical (unpaired) electrons. The second-order valence-electron chi connectivity index (χ2n) is 16.0. The van der Waals surface area contributed by atoms with Crippen LogP contribution < -0.4 is 0 Å². The van der Waals surface area contributed by atoms with Gasteiger partial charge in [0.25, 0.3) is 0 Å². The molecule has 5 heterocycles. The lowest BCUT2D eigenvalue weighted by Gasteiger charge is -2.16. The van der Waals surface area contributed by atoms with E-state index in [0.29, 0.717) is 5.82 Å². The van der Waals surface area contributed by atoms with Crippen molar-refractivity contribution in [1.29, 1.82) is 0 Å². The third-order valence-electron chi connectivity index (χ3n) is 12.4. The van der Waals surface area contributed by atoms with Gasteiger partial charge in [0.05, 0.1) is 33.5 Å². The maximum absolute atomic E-state index is 5.56. The zero-order valence-electron chi connectivity index (χ0n) is 33.9. The molecule has 0 spiro atoms. The molecule has 8 aromatic carbocycles. The van der Waals surface area contributed by atoms with Crippen molar-refractivity contribution in [2.75, 3.05) is 0 Å². The van der Waals surface area contributed by atoms with Crippen LogP contribution >= 0.6 is 11.3 Å². The molecule has 0 fully saturated rings. The van der Waals surface area contributed by atoms with Crippen LogP contribution in [0.4, 0.5) is 0 Å². The van der Waals surface area contributed by atoms with Crippen LogP contribution in [0.2, 0.25) is 0 Å². The van der Waals surface area contributed by atoms with Crippen LogP contribution in [0.5, 0.6) is 0 Å². The van der Waals surface area contributed by atoms with Crippen molar-refractivity contribution in [3.05, 3.63) is 213 Å². The molecule has 5 aromatic heterocycles. The molecule has 0 aliphatic carbocycles. The summed E-state index contributed by atoms with van der Waals surface area (Å²) in [5, 5.41) is 7.26. The molecular formula is C57H35N5S. The molecule has 0 aliphatic heterocycles. The minimum atomic E-state index is 0.689. The summed E-state index contributed by atoms with van der Waals surface area (Å²) in [6, 6.07) is 71.8. The van der Waals surface area contributed by atoms with Gasteiger partial charge in [-0.2, -0.15) is 0 Å². The average molecular weight is 822 g/mol. The highest BCUT2D eigenvalue weighted by molar-refractivity contribution is 7.25. The summed E-state index contributed by atoms with van der Waals surface area (Å²) in [7, 11) is 0. The lowest BCUT2D eigenvalue weighted by molar-refractivity contribution is 1.13. The number of benzene rings is 8. The summed E-state index contributed by atoms with van der Waals surface area (Å²) >= 11 is 1.81. The Kier molecular flexibility index (Phi) is 8.01. The normalized spacial score (nSPS) is 11.8. The molecule has 0 unspecified atom stereocenters. The maximum atomic E-state index is 5.56. The predicted octanol–water partition coefficient (Wildman–Crippen LogP) is 15.1. The topological polar surface area (TPSA) is 48.5 Å². The van der Waals surface area contributed by atoms with E-state index in [-0.39, 0.29) is 0 Å². The molecule has 5 nitrogen and oxygen atoms in total. The smallest absolute Gasteiger partial charge is 0.161 e. The van der Waals surface area contributed by atoms with Crippen LogP contribution in [0.1, 0.15) is 0 Å². The molecule has 63 heavy (non-hydrogen) atoms. The number of pyridine rings is 1. The first kappa shape index (κ1) is 35.6. The number of hydrogen-bond donors (Lipinski definition) is 0. The number of hydrogen-bond acceptors (Lipinski definition) is 4. The molecule has 0 aliphatic rings. The van der Waals surface area contributed by atoms with Crippen LogP contribution in [0.15, 0.2) is 213 Å². The Morgan fingerprint density at radius 2 is 0.873 bits per heavy atom. The lowest BCUT2D eigenvalue weighted by Crippen LogP contribution is -2.01. The second kappa shape index (κ2) is 14.2. The zero-order valence-corrected chi connectivity index (χ0v) is 34.7.